The number of carbonyl (C=O) groups excluding carboxylic acids is 1. The number of carbonyl (C=O) groups is 1. The average molecular weight is 517 g/mol. The number of hydrogen-bond donors (Lipinski definition) is 1. The van der Waals surface area contributed by atoms with Crippen LogP contribution in [-0.4, -0.2) is 23.4 Å². The Morgan fingerprint density at radius 1 is 1.22 bits per heavy atom. The quantitative estimate of drug-likeness (QED) is 0.487. The van der Waals surface area contributed by atoms with Crippen LogP contribution in [0.4, 0.5) is 4.39 Å². The summed E-state index contributed by atoms with van der Waals surface area (Å²) in [5.41, 5.74) is 7.28. The van der Waals surface area contributed by atoms with E-state index in [1.807, 2.05) is 12.1 Å². The second-order valence-corrected chi connectivity index (χ2v) is 8.92. The summed E-state index contributed by atoms with van der Waals surface area (Å²) >= 11 is 9.26. The average Bonchev–Trinajstić information content (AvgIpc) is 2.75. The molecule has 2 aliphatic heterocycles. The molecule has 32 heavy (non-hydrogen) atoms. The molecule has 2 aliphatic rings. The third-order valence-corrected chi connectivity index (χ3v) is 6.24. The number of aromatic nitrogens is 1. The van der Waals surface area contributed by atoms with Gasteiger partial charge in [0.05, 0.1) is 12.2 Å². The van der Waals surface area contributed by atoms with Crippen molar-refractivity contribution in [3.63, 3.8) is 0 Å². The Kier molecular flexibility index (Phi) is 5.14. The van der Waals surface area contributed by atoms with Crippen molar-refractivity contribution >= 4 is 39.3 Å². The first-order valence-corrected chi connectivity index (χ1v) is 11.0. The molecular formula is C23H16BrClFN3O3. The third kappa shape index (κ3) is 3.53. The third-order valence-electron chi connectivity index (χ3n) is 5.57. The van der Waals surface area contributed by atoms with Crippen LogP contribution in [0.5, 0.6) is 11.6 Å². The first-order valence-electron chi connectivity index (χ1n) is 9.79. The van der Waals surface area contributed by atoms with Gasteiger partial charge >= 0.3 is 0 Å². The van der Waals surface area contributed by atoms with Crippen molar-refractivity contribution in [2.75, 3.05) is 6.61 Å². The Bertz CT molecular complexity index is 1300. The molecule has 2 N–H and O–H groups in total. The second kappa shape index (κ2) is 7.86. The number of fused-ring (bicyclic) bond motifs is 4. The molecule has 0 unspecified atom stereocenters. The number of nitrogens with zero attached hydrogens (tertiary/aromatic N) is 2. The zero-order chi connectivity index (χ0) is 22.5. The van der Waals surface area contributed by atoms with E-state index in [0.717, 1.165) is 21.7 Å². The molecule has 0 radical (unpaired) electrons. The largest absolute Gasteiger partial charge is 0.465 e. The van der Waals surface area contributed by atoms with Crippen LogP contribution in [0.2, 0.25) is 5.02 Å². The first-order chi connectivity index (χ1) is 15.4. The molecule has 6 nitrogen and oxygen atoms in total. The van der Waals surface area contributed by atoms with Gasteiger partial charge in [0.2, 0.25) is 5.88 Å². The van der Waals surface area contributed by atoms with E-state index in [-0.39, 0.29) is 28.8 Å². The van der Waals surface area contributed by atoms with Crippen LogP contribution in [-0.2, 0) is 16.7 Å². The zero-order valence-electron chi connectivity index (χ0n) is 16.6. The van der Waals surface area contributed by atoms with Crippen LogP contribution < -0.4 is 10.5 Å². The number of ether oxygens (including phenoxy) is 2. The van der Waals surface area contributed by atoms with E-state index in [9.17, 15) is 9.18 Å². The van der Waals surface area contributed by atoms with Gasteiger partial charge in [0.1, 0.15) is 17.1 Å². The second-order valence-electron chi connectivity index (χ2n) is 7.57. The minimum atomic E-state index is -0.868. The van der Waals surface area contributed by atoms with Gasteiger partial charge in [-0.15, -0.1) is 0 Å². The Labute approximate surface area is 196 Å². The molecule has 0 aliphatic carbocycles. The van der Waals surface area contributed by atoms with E-state index in [1.54, 1.807) is 18.3 Å². The predicted molar refractivity (Wildman–Crippen MR) is 121 cm³/mol. The Morgan fingerprint density at radius 2 is 2.06 bits per heavy atom. The van der Waals surface area contributed by atoms with Crippen LogP contribution in [0.3, 0.4) is 0 Å². The fraction of sp³-hybridized carbons (Fsp3) is 0.174. The highest BCUT2D eigenvalue weighted by Gasteiger charge is 2.45. The number of hydrogen-bond acceptors (Lipinski definition) is 6. The van der Waals surface area contributed by atoms with Crippen molar-refractivity contribution < 1.29 is 18.7 Å². The smallest absolute Gasteiger partial charge is 0.283 e. The van der Waals surface area contributed by atoms with Gasteiger partial charge in [-0.05, 0) is 57.9 Å². The first kappa shape index (κ1) is 20.9. The lowest BCUT2D eigenvalue weighted by Gasteiger charge is -2.38. The minimum absolute atomic E-state index is 0.00119. The number of nitrogens with two attached hydrogens (primary N) is 1. The number of aliphatic imine (C=N–C) groups is 1. The van der Waals surface area contributed by atoms with Gasteiger partial charge in [-0.3, -0.25) is 4.79 Å². The highest BCUT2D eigenvalue weighted by molar-refractivity contribution is 9.10. The molecule has 5 rings (SSSR count). The summed E-state index contributed by atoms with van der Waals surface area (Å²) in [6, 6.07) is 11.4. The van der Waals surface area contributed by atoms with Gasteiger partial charge in [0.15, 0.2) is 5.78 Å². The van der Waals surface area contributed by atoms with E-state index >= 15 is 0 Å². The maximum Gasteiger partial charge on any atom is 0.283 e. The molecule has 1 atom stereocenters. The molecule has 3 aromatic rings. The zero-order valence-corrected chi connectivity index (χ0v) is 18.9. The number of amidine groups is 1. The summed E-state index contributed by atoms with van der Waals surface area (Å²) in [7, 11) is 0. The van der Waals surface area contributed by atoms with E-state index < -0.39 is 11.4 Å². The molecule has 9 heteroatoms. The fourth-order valence-electron chi connectivity index (χ4n) is 4.12. The summed E-state index contributed by atoms with van der Waals surface area (Å²) in [6.45, 7) is 0.361. The summed E-state index contributed by atoms with van der Waals surface area (Å²) in [6.07, 6.45) is 2.16. The van der Waals surface area contributed by atoms with Crippen LogP contribution in [0.15, 0.2) is 58.1 Å². The highest BCUT2D eigenvalue weighted by atomic mass is 79.9. The molecule has 0 fully saturated rings. The van der Waals surface area contributed by atoms with Crippen LogP contribution >= 0.6 is 27.5 Å². The molecule has 0 bridgehead atoms. The molecule has 0 amide bonds. The lowest BCUT2D eigenvalue weighted by atomic mass is 9.78. The summed E-state index contributed by atoms with van der Waals surface area (Å²) in [4.78, 5) is 21.8. The lowest BCUT2D eigenvalue weighted by molar-refractivity contribution is 0.0989. The molecule has 0 saturated carbocycles. The van der Waals surface area contributed by atoms with E-state index in [0.29, 0.717) is 30.2 Å². The van der Waals surface area contributed by atoms with Gasteiger partial charge < -0.3 is 15.2 Å². The molecule has 0 saturated heterocycles. The Hall–Kier alpha value is -2.97. The lowest BCUT2D eigenvalue weighted by Crippen LogP contribution is -2.38. The molecule has 1 aromatic heterocycles. The molecule has 162 valence electrons. The predicted octanol–water partition coefficient (Wildman–Crippen LogP) is 5.15. The van der Waals surface area contributed by atoms with Crippen molar-refractivity contribution in [1.29, 1.82) is 0 Å². The van der Waals surface area contributed by atoms with Crippen molar-refractivity contribution in [3.05, 3.63) is 86.2 Å². The van der Waals surface area contributed by atoms with Crippen LogP contribution in [0.25, 0.3) is 0 Å². The van der Waals surface area contributed by atoms with Crippen LogP contribution in [0.1, 0.15) is 33.5 Å². The van der Waals surface area contributed by atoms with Crippen LogP contribution in [0, 0.1) is 5.82 Å². The Morgan fingerprint density at radius 3 is 2.84 bits per heavy atom. The van der Waals surface area contributed by atoms with Crippen molar-refractivity contribution in [2.45, 2.75) is 18.4 Å². The molecular weight excluding hydrogens is 501 g/mol. The molecule has 3 heterocycles. The Balaban J connectivity index is 1.59. The maximum atomic E-state index is 14.2. The minimum Gasteiger partial charge on any atom is -0.465 e. The van der Waals surface area contributed by atoms with Gasteiger partial charge in [-0.2, -0.15) is 0 Å². The summed E-state index contributed by atoms with van der Waals surface area (Å²) in [5.74, 6) is 0.00229. The number of benzene rings is 2. The number of Topliss-reactive ketones (excluding diaryl/α,β-unsaturated/α-hetero) is 1. The van der Waals surface area contributed by atoms with Gasteiger partial charge in [-0.25, -0.2) is 14.4 Å². The number of halogens is 3. The van der Waals surface area contributed by atoms with E-state index in [1.165, 1.54) is 12.1 Å². The molecule has 1 spiro atoms. The summed E-state index contributed by atoms with van der Waals surface area (Å²) in [5, 5.41) is 0.236. The fourth-order valence-corrected chi connectivity index (χ4v) is 4.61. The maximum absolute atomic E-state index is 14.2. The van der Waals surface area contributed by atoms with Crippen molar-refractivity contribution in [2.24, 2.45) is 10.7 Å². The van der Waals surface area contributed by atoms with Crippen molar-refractivity contribution in [3.8, 4) is 11.6 Å². The van der Waals surface area contributed by atoms with E-state index in [4.69, 9.17) is 26.8 Å². The number of ketones is 1. The highest BCUT2D eigenvalue weighted by Crippen LogP contribution is 2.51. The normalized spacial score (nSPS) is 18.8. The number of rotatable bonds is 3. The van der Waals surface area contributed by atoms with Crippen molar-refractivity contribution in [1.82, 2.24) is 4.98 Å². The monoisotopic (exact) mass is 515 g/mol. The molecule has 2 aromatic carbocycles. The van der Waals surface area contributed by atoms with Gasteiger partial charge in [0, 0.05) is 39.7 Å². The SMILES string of the molecule is NC1=N[C@@]2(CCO1)c1cc(CC(=O)c3ccc(Cl)cc3F)ccc1Oc1ncc(Br)cc12. The van der Waals surface area contributed by atoms with Gasteiger partial charge in [-0.1, -0.05) is 17.7 Å². The standard InChI is InChI=1S/C23H16BrClFN3O3/c24-13-9-17-21(28-11-13)32-20-4-1-12(7-16(20)23(17)5-6-31-22(27)29-23)8-19(30)15-3-2-14(25)10-18(15)26/h1-4,7,9-11H,5-6,8H2,(H2,27,29)/t23-/m0/s1. The van der Waals surface area contributed by atoms with E-state index in [2.05, 4.69) is 25.9 Å². The number of pyridine rings is 1. The van der Waals surface area contributed by atoms with Gasteiger partial charge in [0.25, 0.3) is 6.02 Å². The topological polar surface area (TPSA) is 86.8 Å². The summed E-state index contributed by atoms with van der Waals surface area (Å²) < 4.78 is 26.4.